The van der Waals surface area contributed by atoms with Crippen LogP contribution in [-0.4, -0.2) is 4.40 Å². The Labute approximate surface area is 398 Å². The number of hydrogen-bond donors (Lipinski definition) is 0. The molecule has 2 nitrogen and oxygen atoms in total. The molecule has 0 bridgehead atoms. The van der Waals surface area contributed by atoms with Crippen LogP contribution in [0.15, 0.2) is 225 Å². The van der Waals surface area contributed by atoms with E-state index in [1.807, 2.05) is 19.9 Å². The topological polar surface area (TPSA) is 7.65 Å². The lowest BCUT2D eigenvalue weighted by Gasteiger charge is -2.27. The van der Waals surface area contributed by atoms with Gasteiger partial charge in [0.25, 0.3) is 0 Å². The molecule has 0 fully saturated rings. The van der Waals surface area contributed by atoms with Crippen molar-refractivity contribution in [2.75, 3.05) is 4.90 Å². The Morgan fingerprint density at radius 3 is 1.56 bits per heavy atom. The highest BCUT2D eigenvalue weighted by atomic mass is 15.1. The van der Waals surface area contributed by atoms with Gasteiger partial charge in [-0.1, -0.05) is 192 Å². The molecule has 0 unspecified atom stereocenters. The van der Waals surface area contributed by atoms with Crippen LogP contribution in [-0.2, 0) is 5.41 Å². The Morgan fingerprint density at radius 1 is 0.456 bits per heavy atom. The summed E-state index contributed by atoms with van der Waals surface area (Å²) in [4.78, 5) is 2.42. The zero-order valence-electron chi connectivity index (χ0n) is 39.3. The monoisotopic (exact) mass is 872 g/mol. The molecule has 12 aromatic rings. The first kappa shape index (κ1) is 41.2. The van der Waals surface area contributed by atoms with Crippen molar-refractivity contribution < 1.29 is 0 Å². The molecule has 0 aliphatic heterocycles. The van der Waals surface area contributed by atoms with Crippen LogP contribution in [0.25, 0.3) is 98.2 Å². The lowest BCUT2D eigenvalue weighted by atomic mass is 9.80. The first-order chi connectivity index (χ1) is 33.4. The molecule has 0 atom stereocenters. The van der Waals surface area contributed by atoms with E-state index in [-0.39, 0.29) is 5.41 Å². The lowest BCUT2D eigenvalue weighted by molar-refractivity contribution is 0.654. The maximum absolute atomic E-state index is 4.20. The molecule has 1 aliphatic carbocycles. The summed E-state index contributed by atoms with van der Waals surface area (Å²) in [5, 5.41) is 12.8. The van der Waals surface area contributed by atoms with Crippen molar-refractivity contribution >= 4 is 93.0 Å². The number of benzene rings is 10. The Morgan fingerprint density at radius 2 is 0.941 bits per heavy atom. The van der Waals surface area contributed by atoms with E-state index in [0.717, 1.165) is 17.1 Å². The summed E-state index contributed by atoms with van der Waals surface area (Å²) in [6.45, 7) is 14.9. The lowest BCUT2D eigenvalue weighted by Crippen LogP contribution is -2.16. The summed E-state index contributed by atoms with van der Waals surface area (Å²) in [6.07, 6.45) is 6.40. The number of hydrogen-bond acceptors (Lipinski definition) is 1. The molecule has 68 heavy (non-hydrogen) atoms. The smallest absolute Gasteiger partial charge is 0.0626 e. The summed E-state index contributed by atoms with van der Waals surface area (Å²) in [5.74, 6) is 0. The summed E-state index contributed by atoms with van der Waals surface area (Å²) >= 11 is 0. The van der Waals surface area contributed by atoms with Crippen LogP contribution in [0, 0.1) is 0 Å². The minimum atomic E-state index is -0.123. The molecule has 0 radical (unpaired) electrons. The summed E-state index contributed by atoms with van der Waals surface area (Å²) in [5.41, 5.74) is 17.0. The summed E-state index contributed by atoms with van der Waals surface area (Å²) in [6, 6.07) is 72.3. The third-order valence-corrected chi connectivity index (χ3v) is 14.6. The Hall–Kier alpha value is -8.20. The molecule has 10 aromatic carbocycles. The molecule has 2 aromatic heterocycles. The zero-order valence-corrected chi connectivity index (χ0v) is 39.3. The van der Waals surface area contributed by atoms with Crippen molar-refractivity contribution in [1.29, 1.82) is 0 Å². The van der Waals surface area contributed by atoms with Gasteiger partial charge in [-0.3, -0.25) is 0 Å². The van der Waals surface area contributed by atoms with E-state index in [2.05, 4.69) is 243 Å². The van der Waals surface area contributed by atoms with Crippen LogP contribution >= 0.6 is 0 Å². The largest absolute Gasteiger partial charge is 0.310 e. The number of nitrogens with zero attached hydrogens (tertiary/aromatic N) is 2. The Balaban J connectivity index is 0.00000237. The molecule has 0 saturated heterocycles. The van der Waals surface area contributed by atoms with Gasteiger partial charge in [0.15, 0.2) is 0 Å². The van der Waals surface area contributed by atoms with Gasteiger partial charge < -0.3 is 9.30 Å². The van der Waals surface area contributed by atoms with Gasteiger partial charge in [-0.15, -0.1) is 0 Å². The van der Waals surface area contributed by atoms with Crippen molar-refractivity contribution in [3.8, 4) is 22.3 Å². The van der Waals surface area contributed by atoms with Crippen molar-refractivity contribution in [2.24, 2.45) is 0 Å². The first-order valence-corrected chi connectivity index (χ1v) is 24.1. The van der Waals surface area contributed by atoms with Crippen molar-refractivity contribution in [1.82, 2.24) is 4.40 Å². The number of allylic oxidation sites excluding steroid dienone is 5. The maximum Gasteiger partial charge on any atom is 0.0626 e. The molecular weight excluding hydrogens is 821 g/mol. The van der Waals surface area contributed by atoms with Gasteiger partial charge in [-0.05, 0) is 138 Å². The van der Waals surface area contributed by atoms with Crippen LogP contribution in [0.3, 0.4) is 0 Å². The van der Waals surface area contributed by atoms with Gasteiger partial charge in [0.2, 0.25) is 0 Å². The van der Waals surface area contributed by atoms with Crippen LogP contribution in [0.4, 0.5) is 17.1 Å². The van der Waals surface area contributed by atoms with Crippen LogP contribution in [0.2, 0.25) is 0 Å². The second kappa shape index (κ2) is 16.0. The molecule has 0 saturated carbocycles. The van der Waals surface area contributed by atoms with E-state index in [9.17, 15) is 0 Å². The normalized spacial score (nSPS) is 13.4. The van der Waals surface area contributed by atoms with E-state index in [1.54, 1.807) is 0 Å². The molecule has 2 heteroatoms. The van der Waals surface area contributed by atoms with Crippen molar-refractivity contribution in [3.05, 3.63) is 236 Å². The van der Waals surface area contributed by atoms with Gasteiger partial charge in [0, 0.05) is 44.0 Å². The molecule has 13 rings (SSSR count). The number of fused-ring (bicyclic) bond motifs is 13. The summed E-state index contributed by atoms with van der Waals surface area (Å²) in [7, 11) is 0. The SMILES string of the molecule is C=CC1=C(/C=C\C)C(C)(C)c2cc(-c3ccc(N(c4ccc(-c5ccc6c7ccccc7n7c8ccccc8c5c67)cc4)c4ccc5c6ccccc6c6ccccc6c5c4)cc3)ccc21.CC. The predicted molar refractivity (Wildman–Crippen MR) is 295 cm³/mol. The molecule has 1 aliphatic rings. The van der Waals surface area contributed by atoms with E-state index in [1.165, 1.54) is 115 Å². The standard InChI is InChI=1S/C64H46N2.C2H6/c1-5-15-58-46(6-2)53-34-28-42(38-59(53)64(58,3)4)40-24-29-43(30-25-40)65(45-33-35-52-50-18-8-7-16-48(50)49-17-9-10-19-51(49)57(52)39-45)44-31-26-41(27-32-44)47-36-37-55-54-20-11-13-22-60(54)66-61-23-14-12-21-56(61)62(47)63(55)66;1-2/h5-39H,2H2,1,3-4H3;1-2H3/b15-5-;. The highest BCUT2D eigenvalue weighted by Gasteiger charge is 2.35. The van der Waals surface area contributed by atoms with Gasteiger partial charge in [0.05, 0.1) is 16.6 Å². The van der Waals surface area contributed by atoms with Gasteiger partial charge in [-0.25, -0.2) is 0 Å². The van der Waals surface area contributed by atoms with Crippen molar-refractivity contribution in [2.45, 2.75) is 40.0 Å². The first-order valence-electron chi connectivity index (χ1n) is 24.1. The van der Waals surface area contributed by atoms with Crippen molar-refractivity contribution in [3.63, 3.8) is 0 Å². The quantitative estimate of drug-likeness (QED) is 0.145. The van der Waals surface area contributed by atoms with Crippen LogP contribution in [0.5, 0.6) is 0 Å². The Bertz CT molecular complexity index is 3990. The Kier molecular flexibility index (Phi) is 9.71. The van der Waals surface area contributed by atoms with Gasteiger partial charge in [-0.2, -0.15) is 0 Å². The third kappa shape index (κ3) is 6.03. The number of aromatic nitrogens is 1. The average molecular weight is 873 g/mol. The van der Waals surface area contributed by atoms with Crippen LogP contribution < -0.4 is 4.90 Å². The third-order valence-electron chi connectivity index (χ3n) is 14.6. The van der Waals surface area contributed by atoms with E-state index in [0.29, 0.717) is 0 Å². The van der Waals surface area contributed by atoms with Gasteiger partial charge in [0.1, 0.15) is 0 Å². The van der Waals surface area contributed by atoms with Gasteiger partial charge >= 0.3 is 0 Å². The van der Waals surface area contributed by atoms with E-state index < -0.39 is 0 Å². The fraction of sp³-hybridized carbons (Fsp3) is 0.0909. The zero-order chi connectivity index (χ0) is 46.3. The highest BCUT2D eigenvalue weighted by molar-refractivity contribution is 6.27. The maximum atomic E-state index is 4.20. The van der Waals surface area contributed by atoms with E-state index in [4.69, 9.17) is 0 Å². The molecular formula is C66H52N2. The molecule has 0 spiro atoms. The van der Waals surface area contributed by atoms with Crippen LogP contribution in [0.1, 0.15) is 45.7 Å². The highest BCUT2D eigenvalue weighted by Crippen LogP contribution is 2.49. The molecule has 0 amide bonds. The minimum absolute atomic E-state index is 0.123. The van der Waals surface area contributed by atoms with E-state index >= 15 is 0 Å². The fourth-order valence-electron chi connectivity index (χ4n) is 11.6. The second-order valence-corrected chi connectivity index (χ2v) is 18.4. The molecule has 2 heterocycles. The molecule has 326 valence electrons. The minimum Gasteiger partial charge on any atom is -0.310 e. The number of rotatable bonds is 7. The average Bonchev–Trinajstić information content (AvgIpc) is 3.99. The fourth-order valence-corrected chi connectivity index (χ4v) is 11.6. The second-order valence-electron chi connectivity index (χ2n) is 18.4. The summed E-state index contributed by atoms with van der Waals surface area (Å²) < 4.78 is 2.46. The molecule has 0 N–H and O–H groups in total. The number of para-hydroxylation sites is 2. The predicted octanol–water partition coefficient (Wildman–Crippen LogP) is 18.9. The number of anilines is 3.